The Balaban J connectivity index is 1.92. The standard InChI is InChI=1S/C18H20F2O2S/c1-13-3-5-15(6-4-13)11-12-23(21)14(2)16-7-9-17(10-8-16)22-18(19)20/h3-10,14,18H,11-12H2,1-2H3. The maximum absolute atomic E-state index is 12.4. The van der Waals surface area contributed by atoms with E-state index in [-0.39, 0.29) is 11.0 Å². The molecule has 0 N–H and O–H groups in total. The van der Waals surface area contributed by atoms with Crippen LogP contribution in [0.25, 0.3) is 0 Å². The van der Waals surface area contributed by atoms with Crippen LogP contribution in [0.15, 0.2) is 48.5 Å². The van der Waals surface area contributed by atoms with Crippen molar-refractivity contribution in [3.05, 3.63) is 65.2 Å². The summed E-state index contributed by atoms with van der Waals surface area (Å²) in [6.45, 7) is 1.08. The third-order valence-corrected chi connectivity index (χ3v) is 5.35. The zero-order valence-corrected chi connectivity index (χ0v) is 14.0. The van der Waals surface area contributed by atoms with Gasteiger partial charge < -0.3 is 4.74 Å². The van der Waals surface area contributed by atoms with E-state index in [1.807, 2.05) is 38.1 Å². The monoisotopic (exact) mass is 338 g/mol. The number of benzene rings is 2. The fourth-order valence-corrected chi connectivity index (χ4v) is 3.47. The smallest absolute Gasteiger partial charge is 0.387 e. The first kappa shape index (κ1) is 17.6. The van der Waals surface area contributed by atoms with Gasteiger partial charge in [0.25, 0.3) is 0 Å². The number of ether oxygens (including phenoxy) is 1. The molecule has 0 bridgehead atoms. The molecule has 2 nitrogen and oxygen atoms in total. The Morgan fingerprint density at radius 1 is 1.04 bits per heavy atom. The van der Waals surface area contributed by atoms with Gasteiger partial charge in [0.1, 0.15) is 5.75 Å². The van der Waals surface area contributed by atoms with E-state index in [9.17, 15) is 13.0 Å². The van der Waals surface area contributed by atoms with Crippen LogP contribution in [0, 0.1) is 6.92 Å². The van der Waals surface area contributed by atoms with Crippen molar-refractivity contribution in [2.75, 3.05) is 5.75 Å². The minimum atomic E-state index is -2.83. The van der Waals surface area contributed by atoms with Gasteiger partial charge in [0.15, 0.2) is 0 Å². The number of aryl methyl sites for hydroxylation is 2. The molecular formula is C18H20F2O2S. The van der Waals surface area contributed by atoms with E-state index in [2.05, 4.69) is 4.74 Å². The van der Waals surface area contributed by atoms with Crippen LogP contribution in [-0.2, 0) is 17.2 Å². The Hall–Kier alpha value is -1.75. The lowest BCUT2D eigenvalue weighted by atomic mass is 10.1. The number of hydrogen-bond acceptors (Lipinski definition) is 2. The molecule has 2 atom stereocenters. The van der Waals surface area contributed by atoms with Gasteiger partial charge in [0.05, 0.1) is 5.25 Å². The minimum Gasteiger partial charge on any atom is -0.435 e. The molecule has 2 aromatic rings. The fraction of sp³-hybridized carbons (Fsp3) is 0.333. The average molecular weight is 338 g/mol. The van der Waals surface area contributed by atoms with Gasteiger partial charge in [-0.2, -0.15) is 8.78 Å². The first-order valence-electron chi connectivity index (χ1n) is 7.43. The van der Waals surface area contributed by atoms with Crippen molar-refractivity contribution in [2.45, 2.75) is 32.1 Å². The molecule has 0 aliphatic carbocycles. The molecule has 0 spiro atoms. The molecule has 0 aliphatic rings. The Bertz CT molecular complexity index is 639. The number of rotatable bonds is 7. The van der Waals surface area contributed by atoms with Crippen molar-refractivity contribution >= 4 is 10.8 Å². The summed E-state index contributed by atoms with van der Waals surface area (Å²) < 4.78 is 41.0. The molecule has 0 saturated heterocycles. The van der Waals surface area contributed by atoms with Gasteiger partial charge in [-0.1, -0.05) is 42.0 Å². The zero-order valence-electron chi connectivity index (χ0n) is 13.2. The summed E-state index contributed by atoms with van der Waals surface area (Å²) in [4.78, 5) is 0. The first-order chi connectivity index (χ1) is 11.0. The van der Waals surface area contributed by atoms with Crippen LogP contribution in [0.2, 0.25) is 0 Å². The first-order valence-corrected chi connectivity index (χ1v) is 8.81. The summed E-state index contributed by atoms with van der Waals surface area (Å²) in [5, 5.41) is -0.152. The predicted octanol–water partition coefficient (Wildman–Crippen LogP) is 4.65. The van der Waals surface area contributed by atoms with Gasteiger partial charge in [-0.15, -0.1) is 0 Å². The van der Waals surface area contributed by atoms with E-state index < -0.39 is 17.4 Å². The van der Waals surface area contributed by atoms with E-state index in [1.54, 1.807) is 12.1 Å². The number of halogens is 2. The van der Waals surface area contributed by atoms with Crippen LogP contribution in [0.5, 0.6) is 5.75 Å². The molecule has 0 fully saturated rings. The Morgan fingerprint density at radius 3 is 2.22 bits per heavy atom. The maximum Gasteiger partial charge on any atom is 0.387 e. The average Bonchev–Trinajstić information content (AvgIpc) is 2.53. The normalized spacial score (nSPS) is 13.8. The van der Waals surface area contributed by atoms with Crippen molar-refractivity contribution in [1.82, 2.24) is 0 Å². The number of alkyl halides is 2. The second-order valence-electron chi connectivity index (χ2n) is 5.41. The maximum atomic E-state index is 12.4. The highest BCUT2D eigenvalue weighted by Crippen LogP contribution is 2.23. The Labute approximate surface area is 137 Å². The molecule has 2 aromatic carbocycles. The fourth-order valence-electron chi connectivity index (χ4n) is 2.22. The van der Waals surface area contributed by atoms with Gasteiger partial charge in [-0.25, -0.2) is 0 Å². The molecule has 2 rings (SSSR count). The largest absolute Gasteiger partial charge is 0.435 e. The molecule has 23 heavy (non-hydrogen) atoms. The van der Waals surface area contributed by atoms with E-state index in [4.69, 9.17) is 0 Å². The SMILES string of the molecule is Cc1ccc(CCS(=O)C(C)c2ccc(OC(F)F)cc2)cc1. The lowest BCUT2D eigenvalue weighted by Gasteiger charge is -2.13. The molecule has 124 valence electrons. The van der Waals surface area contributed by atoms with Gasteiger partial charge in [-0.05, 0) is 43.5 Å². The van der Waals surface area contributed by atoms with Gasteiger partial charge in [-0.3, -0.25) is 4.21 Å². The van der Waals surface area contributed by atoms with Gasteiger partial charge in [0.2, 0.25) is 0 Å². The van der Waals surface area contributed by atoms with Crippen molar-refractivity contribution in [3.63, 3.8) is 0 Å². The van der Waals surface area contributed by atoms with E-state index >= 15 is 0 Å². The van der Waals surface area contributed by atoms with Crippen molar-refractivity contribution in [3.8, 4) is 5.75 Å². The highest BCUT2D eigenvalue weighted by molar-refractivity contribution is 7.85. The van der Waals surface area contributed by atoms with Crippen LogP contribution in [-0.4, -0.2) is 16.6 Å². The second-order valence-corrected chi connectivity index (χ2v) is 7.29. The lowest BCUT2D eigenvalue weighted by molar-refractivity contribution is -0.0498. The molecule has 2 unspecified atom stereocenters. The molecule has 0 saturated carbocycles. The van der Waals surface area contributed by atoms with Crippen LogP contribution in [0.3, 0.4) is 0 Å². The third kappa shape index (κ3) is 5.43. The molecule has 5 heteroatoms. The third-order valence-electron chi connectivity index (χ3n) is 3.68. The van der Waals surface area contributed by atoms with Crippen LogP contribution < -0.4 is 4.74 Å². The minimum absolute atomic E-state index is 0.112. The number of hydrogen-bond donors (Lipinski definition) is 0. The molecule has 0 radical (unpaired) electrons. The molecule has 0 aromatic heterocycles. The molecule has 0 amide bonds. The van der Waals surface area contributed by atoms with Crippen molar-refractivity contribution in [1.29, 1.82) is 0 Å². The second kappa shape index (κ2) is 8.20. The van der Waals surface area contributed by atoms with Crippen LogP contribution in [0.4, 0.5) is 8.78 Å². The van der Waals surface area contributed by atoms with Crippen LogP contribution >= 0.6 is 0 Å². The van der Waals surface area contributed by atoms with Crippen molar-refractivity contribution < 1.29 is 17.7 Å². The lowest BCUT2D eigenvalue weighted by Crippen LogP contribution is -2.09. The molecule has 0 aliphatic heterocycles. The highest BCUT2D eigenvalue weighted by Gasteiger charge is 2.14. The summed E-state index contributed by atoms with van der Waals surface area (Å²) >= 11 is 0. The molecular weight excluding hydrogens is 318 g/mol. The topological polar surface area (TPSA) is 26.3 Å². The Kier molecular flexibility index (Phi) is 6.28. The summed E-state index contributed by atoms with van der Waals surface area (Å²) in [5.41, 5.74) is 3.22. The van der Waals surface area contributed by atoms with Gasteiger partial charge in [0, 0.05) is 16.6 Å². The van der Waals surface area contributed by atoms with E-state index in [1.165, 1.54) is 17.7 Å². The van der Waals surface area contributed by atoms with Gasteiger partial charge >= 0.3 is 6.61 Å². The zero-order chi connectivity index (χ0) is 16.8. The van der Waals surface area contributed by atoms with Crippen molar-refractivity contribution in [2.24, 2.45) is 0 Å². The predicted molar refractivity (Wildman–Crippen MR) is 89.4 cm³/mol. The van der Waals surface area contributed by atoms with E-state index in [0.29, 0.717) is 5.75 Å². The van der Waals surface area contributed by atoms with E-state index in [0.717, 1.165) is 17.5 Å². The highest BCUT2D eigenvalue weighted by atomic mass is 32.2. The Morgan fingerprint density at radius 2 is 1.65 bits per heavy atom. The summed E-state index contributed by atoms with van der Waals surface area (Å²) in [7, 11) is -1.03. The molecule has 0 heterocycles. The summed E-state index contributed by atoms with van der Waals surface area (Å²) in [5.74, 6) is 0.681. The summed E-state index contributed by atoms with van der Waals surface area (Å²) in [6, 6.07) is 14.5. The summed E-state index contributed by atoms with van der Waals surface area (Å²) in [6.07, 6.45) is 0.754. The quantitative estimate of drug-likeness (QED) is 0.734. The van der Waals surface area contributed by atoms with Crippen LogP contribution in [0.1, 0.15) is 28.9 Å².